The number of thiol groups is 1. The van der Waals surface area contributed by atoms with Crippen LogP contribution in [0.2, 0.25) is 0 Å². The van der Waals surface area contributed by atoms with Gasteiger partial charge in [0, 0.05) is 0 Å². The zero-order valence-electron chi connectivity index (χ0n) is 19.7. The molecule has 0 radical (unpaired) electrons. The summed E-state index contributed by atoms with van der Waals surface area (Å²) in [7, 11) is 0. The van der Waals surface area contributed by atoms with E-state index in [1.807, 2.05) is 13.0 Å². The molecule has 0 bridgehead atoms. The van der Waals surface area contributed by atoms with Gasteiger partial charge in [-0.25, -0.2) is 0 Å². The monoisotopic (exact) mass is 434 g/mol. The number of rotatable bonds is 20. The Morgan fingerprint density at radius 1 is 0.733 bits per heavy atom. The van der Waals surface area contributed by atoms with Crippen molar-refractivity contribution in [1.82, 2.24) is 0 Å². The van der Waals surface area contributed by atoms with E-state index in [0.717, 1.165) is 24.2 Å². The number of para-hydroxylation sites is 1. The Kier molecular flexibility index (Phi) is 16.9. The summed E-state index contributed by atoms with van der Waals surface area (Å²) in [4.78, 5) is 11.7. The fraction of sp³-hybridized carbons (Fsp3) is 0.741. The SMILES string of the molecule is CCCCCCCCCCCCCCCCCCc1cccc(C(=O)S)c1OCC. The maximum absolute atomic E-state index is 11.7. The molecule has 0 aliphatic carbocycles. The summed E-state index contributed by atoms with van der Waals surface area (Å²) in [5.41, 5.74) is 1.73. The van der Waals surface area contributed by atoms with Crippen LogP contribution in [0.3, 0.4) is 0 Å². The van der Waals surface area contributed by atoms with E-state index in [1.165, 1.54) is 96.3 Å². The number of benzene rings is 1. The molecule has 3 heteroatoms. The Bertz CT molecular complexity index is 556. The highest BCUT2D eigenvalue weighted by molar-refractivity contribution is 7.97. The first-order chi connectivity index (χ1) is 14.7. The minimum Gasteiger partial charge on any atom is -0.493 e. The molecule has 0 amide bonds. The Morgan fingerprint density at radius 3 is 1.63 bits per heavy atom. The van der Waals surface area contributed by atoms with Gasteiger partial charge < -0.3 is 4.74 Å². The van der Waals surface area contributed by atoms with E-state index in [9.17, 15) is 4.79 Å². The predicted octanol–water partition coefficient (Wildman–Crippen LogP) is 8.96. The third kappa shape index (κ3) is 12.7. The summed E-state index contributed by atoms with van der Waals surface area (Å²) in [6.45, 7) is 4.81. The smallest absolute Gasteiger partial charge is 0.220 e. The lowest BCUT2D eigenvalue weighted by Crippen LogP contribution is -2.03. The lowest BCUT2D eigenvalue weighted by atomic mass is 10.0. The average Bonchev–Trinajstić information content (AvgIpc) is 2.74. The molecular formula is C27H46O2S. The molecule has 0 unspecified atom stereocenters. The molecule has 0 aromatic heterocycles. The highest BCUT2D eigenvalue weighted by Crippen LogP contribution is 2.27. The lowest BCUT2D eigenvalue weighted by Gasteiger charge is -2.13. The maximum Gasteiger partial charge on any atom is 0.220 e. The Balaban J connectivity index is 2.00. The molecule has 0 saturated heterocycles. The largest absolute Gasteiger partial charge is 0.493 e. The molecule has 1 aromatic carbocycles. The van der Waals surface area contributed by atoms with E-state index in [2.05, 4.69) is 25.6 Å². The average molecular weight is 435 g/mol. The Hall–Kier alpha value is -0.960. The van der Waals surface area contributed by atoms with Crippen molar-refractivity contribution in [2.24, 2.45) is 0 Å². The normalized spacial score (nSPS) is 11.0. The zero-order valence-corrected chi connectivity index (χ0v) is 20.6. The molecule has 0 N–H and O–H groups in total. The van der Waals surface area contributed by atoms with Crippen molar-refractivity contribution < 1.29 is 9.53 Å². The van der Waals surface area contributed by atoms with Gasteiger partial charge in [-0.15, -0.1) is 12.6 Å². The molecule has 30 heavy (non-hydrogen) atoms. The van der Waals surface area contributed by atoms with Gasteiger partial charge in [0.05, 0.1) is 12.2 Å². The minimum absolute atomic E-state index is 0.215. The maximum atomic E-state index is 11.7. The first-order valence-corrected chi connectivity index (χ1v) is 13.1. The van der Waals surface area contributed by atoms with Gasteiger partial charge in [0.15, 0.2) is 0 Å². The summed E-state index contributed by atoms with van der Waals surface area (Å²) in [5, 5.41) is -0.215. The fourth-order valence-electron chi connectivity index (χ4n) is 4.13. The molecule has 1 aromatic rings. The highest BCUT2D eigenvalue weighted by atomic mass is 32.1. The van der Waals surface area contributed by atoms with Crippen LogP contribution < -0.4 is 4.74 Å². The van der Waals surface area contributed by atoms with Crippen LogP contribution in [0.25, 0.3) is 0 Å². The van der Waals surface area contributed by atoms with Gasteiger partial charge in [-0.1, -0.05) is 115 Å². The van der Waals surface area contributed by atoms with Gasteiger partial charge in [-0.3, -0.25) is 4.79 Å². The van der Waals surface area contributed by atoms with Crippen molar-refractivity contribution in [2.75, 3.05) is 6.61 Å². The third-order valence-corrected chi connectivity index (χ3v) is 6.16. The van der Waals surface area contributed by atoms with Crippen LogP contribution in [0.5, 0.6) is 5.75 Å². The van der Waals surface area contributed by atoms with Crippen LogP contribution in [-0.2, 0) is 6.42 Å². The molecule has 0 atom stereocenters. The van der Waals surface area contributed by atoms with Gasteiger partial charge in [0.2, 0.25) is 5.12 Å². The third-order valence-electron chi connectivity index (χ3n) is 5.92. The quantitative estimate of drug-likeness (QED) is 0.164. The van der Waals surface area contributed by atoms with E-state index in [1.54, 1.807) is 6.07 Å². The standard InChI is InChI=1S/C27H46O2S/c1-3-5-6-7-8-9-10-11-12-13-14-15-16-17-18-19-21-24-22-20-23-25(27(28)30)26(24)29-4-2/h20,22-23H,3-19,21H2,1-2H3,(H,28,30). The number of aryl methyl sites for hydroxylation is 1. The van der Waals surface area contributed by atoms with Crippen molar-refractivity contribution in [1.29, 1.82) is 0 Å². The lowest BCUT2D eigenvalue weighted by molar-refractivity contribution is 0.108. The first-order valence-electron chi connectivity index (χ1n) is 12.7. The number of carbonyl (C=O) groups excluding carboxylic acids is 1. The number of ether oxygens (including phenoxy) is 1. The van der Waals surface area contributed by atoms with Crippen LogP contribution in [0.4, 0.5) is 0 Å². The second-order valence-electron chi connectivity index (χ2n) is 8.59. The number of hydrogen-bond acceptors (Lipinski definition) is 2. The number of unbranched alkanes of at least 4 members (excludes halogenated alkanes) is 15. The van der Waals surface area contributed by atoms with Crippen molar-refractivity contribution >= 4 is 17.7 Å². The number of carbonyl (C=O) groups is 1. The minimum atomic E-state index is -0.215. The van der Waals surface area contributed by atoms with E-state index in [4.69, 9.17) is 4.74 Å². The molecule has 172 valence electrons. The molecule has 2 nitrogen and oxygen atoms in total. The van der Waals surface area contributed by atoms with Crippen molar-refractivity contribution in [3.8, 4) is 5.75 Å². The predicted molar refractivity (Wildman–Crippen MR) is 134 cm³/mol. The van der Waals surface area contributed by atoms with Gasteiger partial charge in [-0.2, -0.15) is 0 Å². The van der Waals surface area contributed by atoms with Gasteiger partial charge in [-0.05, 0) is 31.4 Å². The van der Waals surface area contributed by atoms with E-state index < -0.39 is 0 Å². The first kappa shape index (κ1) is 27.1. The molecule has 0 spiro atoms. The second-order valence-corrected chi connectivity index (χ2v) is 8.99. The Labute approximate surface area is 192 Å². The van der Waals surface area contributed by atoms with Crippen LogP contribution >= 0.6 is 12.6 Å². The molecule has 0 heterocycles. The topological polar surface area (TPSA) is 26.3 Å². The molecule has 1 rings (SSSR count). The Morgan fingerprint density at radius 2 is 1.20 bits per heavy atom. The van der Waals surface area contributed by atoms with Crippen LogP contribution in [-0.4, -0.2) is 11.7 Å². The van der Waals surface area contributed by atoms with Crippen LogP contribution in [0.15, 0.2) is 18.2 Å². The van der Waals surface area contributed by atoms with Crippen LogP contribution in [0.1, 0.15) is 133 Å². The summed E-state index contributed by atoms with van der Waals surface area (Å²) >= 11 is 3.98. The molecular weight excluding hydrogens is 388 g/mol. The fourth-order valence-corrected chi connectivity index (χ4v) is 4.30. The summed E-state index contributed by atoms with van der Waals surface area (Å²) in [6, 6.07) is 5.82. The molecule has 0 fully saturated rings. The molecule has 0 saturated carbocycles. The van der Waals surface area contributed by atoms with Gasteiger partial charge >= 0.3 is 0 Å². The van der Waals surface area contributed by atoms with Crippen molar-refractivity contribution in [3.63, 3.8) is 0 Å². The van der Waals surface area contributed by atoms with Crippen LogP contribution in [0, 0.1) is 0 Å². The van der Waals surface area contributed by atoms with Crippen molar-refractivity contribution in [2.45, 2.75) is 123 Å². The summed E-state index contributed by atoms with van der Waals surface area (Å²) in [5.74, 6) is 0.737. The van der Waals surface area contributed by atoms with Gasteiger partial charge in [0.1, 0.15) is 5.75 Å². The second kappa shape index (κ2) is 18.8. The van der Waals surface area contributed by atoms with E-state index >= 15 is 0 Å². The zero-order chi connectivity index (χ0) is 21.9. The van der Waals surface area contributed by atoms with E-state index in [-0.39, 0.29) is 5.12 Å². The number of hydrogen-bond donors (Lipinski definition) is 1. The van der Waals surface area contributed by atoms with Gasteiger partial charge in [0.25, 0.3) is 0 Å². The molecule has 0 aliphatic heterocycles. The summed E-state index contributed by atoms with van der Waals surface area (Å²) in [6.07, 6.45) is 23.1. The van der Waals surface area contributed by atoms with E-state index in [0.29, 0.717) is 12.2 Å². The van der Waals surface area contributed by atoms with Crippen molar-refractivity contribution in [3.05, 3.63) is 29.3 Å². The highest BCUT2D eigenvalue weighted by Gasteiger charge is 2.13. The molecule has 0 aliphatic rings. The summed E-state index contributed by atoms with van der Waals surface area (Å²) < 4.78 is 5.74.